The van der Waals surface area contributed by atoms with Gasteiger partial charge in [-0.25, -0.2) is 0 Å². The van der Waals surface area contributed by atoms with Crippen LogP contribution in [0.3, 0.4) is 0 Å². The van der Waals surface area contributed by atoms with E-state index in [0.29, 0.717) is 58.8 Å². The first-order valence-electron chi connectivity index (χ1n) is 14.0. The van der Waals surface area contributed by atoms with Gasteiger partial charge in [0, 0.05) is 22.8 Å². The van der Waals surface area contributed by atoms with Crippen molar-refractivity contribution >= 4 is 11.5 Å². The van der Waals surface area contributed by atoms with E-state index in [4.69, 9.17) is 19.9 Å². The highest BCUT2D eigenvalue weighted by molar-refractivity contribution is 6.26. The molecule has 2 saturated heterocycles. The molecule has 2 fully saturated rings. The molecule has 0 aromatic heterocycles. The highest BCUT2D eigenvalue weighted by Gasteiger charge is 2.36. The van der Waals surface area contributed by atoms with Crippen LogP contribution in [0.4, 0.5) is 5.69 Å². The van der Waals surface area contributed by atoms with Gasteiger partial charge in [0.1, 0.15) is 17.2 Å². The molecule has 0 bridgehead atoms. The second-order valence-electron chi connectivity index (χ2n) is 10.7. The lowest BCUT2D eigenvalue weighted by Gasteiger charge is -2.23. The topological polar surface area (TPSA) is 94.8 Å². The Morgan fingerprint density at radius 1 is 0.865 bits per heavy atom. The molecular formula is C30H41N3O4. The maximum absolute atomic E-state index is 13.5. The molecule has 7 heteroatoms. The quantitative estimate of drug-likeness (QED) is 0.253. The van der Waals surface area contributed by atoms with Crippen LogP contribution < -0.4 is 30.6 Å². The molecule has 2 aliphatic heterocycles. The number of piperidine rings is 2. The summed E-state index contributed by atoms with van der Waals surface area (Å²) in [5, 5.41) is 6.95. The molecule has 0 radical (unpaired) electrons. The third kappa shape index (κ3) is 5.73. The SMILES string of the molecule is COc1cc(OCCCC2CCCNC2)c(N)c2c1-c1c(OCCCC3CCCNC3)cccc1C2=O. The Balaban J connectivity index is 1.29. The first-order valence-corrected chi connectivity index (χ1v) is 14.0. The molecule has 7 nitrogen and oxygen atoms in total. The predicted molar refractivity (Wildman–Crippen MR) is 147 cm³/mol. The van der Waals surface area contributed by atoms with Crippen LogP contribution in [0.1, 0.15) is 67.3 Å². The van der Waals surface area contributed by atoms with Crippen LogP contribution in [0.5, 0.6) is 17.2 Å². The Hall–Kier alpha value is -2.77. The lowest BCUT2D eigenvalue weighted by molar-refractivity contribution is 0.104. The number of nitrogen functional groups attached to an aromatic ring is 1. The largest absolute Gasteiger partial charge is 0.496 e. The van der Waals surface area contributed by atoms with E-state index in [1.807, 2.05) is 24.3 Å². The van der Waals surface area contributed by atoms with Crippen molar-refractivity contribution in [2.45, 2.75) is 51.4 Å². The molecule has 0 spiro atoms. The van der Waals surface area contributed by atoms with E-state index in [1.165, 1.54) is 25.7 Å². The molecule has 2 unspecified atom stereocenters. The van der Waals surface area contributed by atoms with Crippen molar-refractivity contribution in [1.29, 1.82) is 0 Å². The summed E-state index contributed by atoms with van der Waals surface area (Å²) in [6, 6.07) is 7.48. The number of hydrogen-bond acceptors (Lipinski definition) is 7. The molecule has 200 valence electrons. The van der Waals surface area contributed by atoms with Gasteiger partial charge >= 0.3 is 0 Å². The number of carbonyl (C=O) groups excluding carboxylic acids is 1. The fourth-order valence-electron chi connectivity index (χ4n) is 6.10. The maximum Gasteiger partial charge on any atom is 0.196 e. The standard InChI is InChI=1S/C30H41N3O4/c1-35-24-17-25(37-16-6-10-21-8-4-14-33-19-21)29(31)28-27(24)26-22(30(28)34)11-2-12-23(26)36-15-5-9-20-7-3-13-32-18-20/h2,11-12,17,20-21,32-33H,3-10,13-16,18-19,31H2,1H3. The summed E-state index contributed by atoms with van der Waals surface area (Å²) in [5.41, 5.74) is 9.50. The van der Waals surface area contributed by atoms with Gasteiger partial charge in [-0.05, 0) is 95.4 Å². The van der Waals surface area contributed by atoms with Gasteiger partial charge in [-0.15, -0.1) is 0 Å². The van der Waals surface area contributed by atoms with E-state index >= 15 is 0 Å². The van der Waals surface area contributed by atoms with Crippen molar-refractivity contribution < 1.29 is 19.0 Å². The molecule has 37 heavy (non-hydrogen) atoms. The van der Waals surface area contributed by atoms with E-state index in [1.54, 1.807) is 7.11 Å². The molecule has 0 amide bonds. The first-order chi connectivity index (χ1) is 18.2. The smallest absolute Gasteiger partial charge is 0.196 e. The maximum atomic E-state index is 13.5. The number of rotatable bonds is 11. The Kier molecular flexibility index (Phi) is 8.52. The number of ether oxygens (including phenoxy) is 3. The van der Waals surface area contributed by atoms with Gasteiger partial charge in [0.05, 0.1) is 31.6 Å². The van der Waals surface area contributed by atoms with E-state index in [9.17, 15) is 4.79 Å². The van der Waals surface area contributed by atoms with Crippen molar-refractivity contribution in [3.8, 4) is 28.4 Å². The van der Waals surface area contributed by atoms with Crippen molar-refractivity contribution in [1.82, 2.24) is 10.6 Å². The number of hydrogen-bond donors (Lipinski definition) is 3. The van der Waals surface area contributed by atoms with Crippen molar-refractivity contribution in [2.24, 2.45) is 11.8 Å². The summed E-state index contributed by atoms with van der Waals surface area (Å²) in [7, 11) is 1.62. The van der Waals surface area contributed by atoms with Crippen LogP contribution in [-0.2, 0) is 0 Å². The van der Waals surface area contributed by atoms with Gasteiger partial charge in [0.25, 0.3) is 0 Å². The third-order valence-corrected chi connectivity index (χ3v) is 8.09. The Labute approximate surface area is 220 Å². The van der Waals surface area contributed by atoms with Crippen LogP contribution in [0.25, 0.3) is 11.1 Å². The van der Waals surface area contributed by atoms with E-state index < -0.39 is 0 Å². The Morgan fingerprint density at radius 2 is 1.51 bits per heavy atom. The highest BCUT2D eigenvalue weighted by Crippen LogP contribution is 2.51. The predicted octanol–water partition coefficient (Wildman–Crippen LogP) is 4.81. The van der Waals surface area contributed by atoms with Crippen LogP contribution in [0.2, 0.25) is 0 Å². The minimum atomic E-state index is -0.0988. The zero-order valence-corrected chi connectivity index (χ0v) is 22.1. The zero-order valence-electron chi connectivity index (χ0n) is 22.1. The van der Waals surface area contributed by atoms with Crippen LogP contribution in [-0.4, -0.2) is 52.3 Å². The van der Waals surface area contributed by atoms with Crippen molar-refractivity contribution in [3.63, 3.8) is 0 Å². The second kappa shape index (κ2) is 12.2. The molecule has 5 rings (SSSR count). The lowest BCUT2D eigenvalue weighted by atomic mass is 9.95. The number of benzene rings is 2. The molecular weight excluding hydrogens is 466 g/mol. The van der Waals surface area contributed by atoms with Crippen LogP contribution in [0, 0.1) is 11.8 Å². The monoisotopic (exact) mass is 507 g/mol. The van der Waals surface area contributed by atoms with Gasteiger partial charge < -0.3 is 30.6 Å². The average Bonchev–Trinajstić information content (AvgIpc) is 3.25. The molecule has 0 saturated carbocycles. The Bertz CT molecular complexity index is 1090. The van der Waals surface area contributed by atoms with Gasteiger partial charge in [-0.1, -0.05) is 12.1 Å². The molecule has 2 heterocycles. The van der Waals surface area contributed by atoms with Gasteiger partial charge in [0.2, 0.25) is 0 Å². The summed E-state index contributed by atoms with van der Waals surface area (Å²) < 4.78 is 18.1. The van der Waals surface area contributed by atoms with Gasteiger partial charge in [-0.3, -0.25) is 4.79 Å². The first kappa shape index (κ1) is 25.9. The summed E-state index contributed by atoms with van der Waals surface area (Å²) in [4.78, 5) is 13.5. The number of ketones is 1. The number of anilines is 1. The number of nitrogens with two attached hydrogens (primary N) is 1. The summed E-state index contributed by atoms with van der Waals surface area (Å²) in [6.07, 6.45) is 9.26. The number of methoxy groups -OCH3 is 1. The number of carbonyl (C=O) groups is 1. The fraction of sp³-hybridized carbons (Fsp3) is 0.567. The summed E-state index contributed by atoms with van der Waals surface area (Å²) >= 11 is 0. The lowest BCUT2D eigenvalue weighted by Crippen LogP contribution is -2.29. The third-order valence-electron chi connectivity index (χ3n) is 8.09. The van der Waals surface area contributed by atoms with Gasteiger partial charge in [0.15, 0.2) is 5.78 Å². The molecule has 2 atom stereocenters. The molecule has 3 aliphatic rings. The summed E-state index contributed by atoms with van der Waals surface area (Å²) in [6.45, 7) is 5.62. The second-order valence-corrected chi connectivity index (χ2v) is 10.7. The number of nitrogens with one attached hydrogen (secondary N) is 2. The van der Waals surface area contributed by atoms with Crippen LogP contribution >= 0.6 is 0 Å². The molecule has 2 aromatic carbocycles. The summed E-state index contributed by atoms with van der Waals surface area (Å²) in [5.74, 6) is 3.14. The number of fused-ring (bicyclic) bond motifs is 3. The minimum Gasteiger partial charge on any atom is -0.496 e. The van der Waals surface area contributed by atoms with E-state index in [-0.39, 0.29) is 5.78 Å². The fourth-order valence-corrected chi connectivity index (χ4v) is 6.10. The van der Waals surface area contributed by atoms with Crippen LogP contribution in [0.15, 0.2) is 24.3 Å². The zero-order chi connectivity index (χ0) is 25.6. The molecule has 4 N–H and O–H groups in total. The van der Waals surface area contributed by atoms with Gasteiger partial charge in [-0.2, -0.15) is 0 Å². The normalized spacial score (nSPS) is 20.8. The van der Waals surface area contributed by atoms with E-state index in [2.05, 4.69) is 10.6 Å². The van der Waals surface area contributed by atoms with Crippen molar-refractivity contribution in [2.75, 3.05) is 52.2 Å². The molecule has 1 aliphatic carbocycles. The van der Waals surface area contributed by atoms with E-state index in [0.717, 1.165) is 63.3 Å². The molecule has 2 aromatic rings. The average molecular weight is 508 g/mol. The highest BCUT2D eigenvalue weighted by atomic mass is 16.5. The van der Waals surface area contributed by atoms with Crippen molar-refractivity contribution in [3.05, 3.63) is 35.4 Å². The minimum absolute atomic E-state index is 0.0988. The Morgan fingerprint density at radius 3 is 2.11 bits per heavy atom.